The highest BCUT2D eigenvalue weighted by atomic mass is 33.1. The third-order valence-corrected chi connectivity index (χ3v) is 5.47. The van der Waals surface area contributed by atoms with Gasteiger partial charge in [-0.1, -0.05) is 21.6 Å². The monoisotopic (exact) mass is 358 g/mol. The first-order chi connectivity index (χ1) is 8.55. The predicted octanol–water partition coefficient (Wildman–Crippen LogP) is 5.54. The van der Waals surface area contributed by atoms with Gasteiger partial charge in [-0.15, -0.1) is 0 Å². The minimum absolute atomic E-state index is 0.372. The molecule has 0 aromatic rings. The third-order valence-electron chi connectivity index (χ3n) is 2.12. The maximum atomic E-state index is 12.7. The van der Waals surface area contributed by atoms with Crippen LogP contribution in [0.25, 0.3) is 0 Å². The summed E-state index contributed by atoms with van der Waals surface area (Å²) >= 11 is 0. The van der Waals surface area contributed by atoms with Gasteiger partial charge in [0.25, 0.3) is 0 Å². The number of alkyl halides is 10. The van der Waals surface area contributed by atoms with E-state index in [0.717, 1.165) is 0 Å². The van der Waals surface area contributed by atoms with Gasteiger partial charge in [-0.3, -0.25) is 0 Å². The Balaban J connectivity index is 4.73. The molecule has 122 valence electrons. The third kappa shape index (κ3) is 4.25. The molecule has 20 heavy (non-hydrogen) atoms. The molecule has 0 saturated carbocycles. The normalized spacial score (nSPS) is 18.0. The zero-order valence-electron chi connectivity index (χ0n) is 9.75. The largest absolute Gasteiger partial charge is 0.454 e. The molecule has 0 heterocycles. The van der Waals surface area contributed by atoms with Crippen molar-refractivity contribution in [1.82, 2.24) is 0 Å². The van der Waals surface area contributed by atoms with Gasteiger partial charge in [0.05, 0.1) is 10.5 Å². The van der Waals surface area contributed by atoms with Gasteiger partial charge in [-0.2, -0.15) is 43.9 Å². The zero-order chi connectivity index (χ0) is 16.6. The first kappa shape index (κ1) is 20.0. The summed E-state index contributed by atoms with van der Waals surface area (Å²) < 4.78 is 123. The Morgan fingerprint density at radius 2 is 0.750 bits per heavy atom. The molecular weight excluding hydrogens is 350 g/mol. The van der Waals surface area contributed by atoms with Crippen LogP contribution < -0.4 is 0 Å². The Morgan fingerprint density at radius 1 is 0.550 bits per heavy atom. The molecule has 0 aliphatic heterocycles. The van der Waals surface area contributed by atoms with Gasteiger partial charge in [-0.25, -0.2) is 0 Å². The lowest BCUT2D eigenvalue weighted by Crippen LogP contribution is -2.45. The Kier molecular flexibility index (Phi) is 6.01. The van der Waals surface area contributed by atoms with Crippen LogP contribution in [0.2, 0.25) is 0 Å². The van der Waals surface area contributed by atoms with Gasteiger partial charge in [0, 0.05) is 0 Å². The van der Waals surface area contributed by atoms with E-state index in [0.29, 0.717) is 13.8 Å². The molecule has 0 nitrogen and oxygen atoms in total. The van der Waals surface area contributed by atoms with Gasteiger partial charge in [0.15, 0.2) is 0 Å². The average Bonchev–Trinajstić information content (AvgIpc) is 2.21. The zero-order valence-corrected chi connectivity index (χ0v) is 11.4. The van der Waals surface area contributed by atoms with Crippen LogP contribution in [0.5, 0.6) is 0 Å². The molecule has 0 radical (unpaired) electrons. The van der Waals surface area contributed by atoms with E-state index in [2.05, 4.69) is 0 Å². The van der Waals surface area contributed by atoms with Gasteiger partial charge in [0.1, 0.15) is 0 Å². The molecule has 0 aliphatic rings. The van der Waals surface area contributed by atoms with E-state index in [1.807, 2.05) is 0 Å². The lowest BCUT2D eigenvalue weighted by Gasteiger charge is -2.28. The van der Waals surface area contributed by atoms with Crippen molar-refractivity contribution in [2.45, 2.75) is 48.5 Å². The van der Waals surface area contributed by atoms with Crippen LogP contribution in [0.1, 0.15) is 13.8 Å². The highest BCUT2D eigenvalue weighted by Gasteiger charge is 2.63. The first-order valence-corrected chi connectivity index (χ1v) is 7.04. The SMILES string of the molecule is CC(SSC(C)C(F)(F)C(F)(F)F)C(F)(F)C(F)(F)F. The number of rotatable bonds is 5. The van der Waals surface area contributed by atoms with Gasteiger partial charge < -0.3 is 0 Å². The minimum Gasteiger partial charge on any atom is -0.195 e. The topological polar surface area (TPSA) is 0 Å². The summed E-state index contributed by atoms with van der Waals surface area (Å²) in [4.78, 5) is 0. The van der Waals surface area contributed by atoms with E-state index < -0.39 is 34.7 Å². The fraction of sp³-hybridized carbons (Fsp3) is 1.00. The fourth-order valence-corrected chi connectivity index (χ4v) is 3.32. The van der Waals surface area contributed by atoms with Crippen LogP contribution >= 0.6 is 21.6 Å². The summed E-state index contributed by atoms with van der Waals surface area (Å²) in [5.41, 5.74) is 0. The molecule has 0 aliphatic carbocycles. The summed E-state index contributed by atoms with van der Waals surface area (Å²) in [6.45, 7) is 0.785. The quantitative estimate of drug-likeness (QED) is 0.468. The highest BCUT2D eigenvalue weighted by molar-refractivity contribution is 8.77. The summed E-state index contributed by atoms with van der Waals surface area (Å²) in [6, 6.07) is 0. The maximum Gasteiger partial charge on any atom is 0.454 e. The highest BCUT2D eigenvalue weighted by Crippen LogP contribution is 2.50. The average molecular weight is 358 g/mol. The van der Waals surface area contributed by atoms with E-state index in [1.165, 1.54) is 0 Å². The molecule has 0 fully saturated rings. The van der Waals surface area contributed by atoms with E-state index in [-0.39, 0.29) is 21.6 Å². The van der Waals surface area contributed by atoms with Crippen molar-refractivity contribution in [3.63, 3.8) is 0 Å². The van der Waals surface area contributed by atoms with Gasteiger partial charge in [0.2, 0.25) is 0 Å². The maximum absolute atomic E-state index is 12.7. The van der Waals surface area contributed by atoms with E-state index in [1.54, 1.807) is 0 Å². The number of hydrogen-bond acceptors (Lipinski definition) is 2. The van der Waals surface area contributed by atoms with Crippen LogP contribution in [0.3, 0.4) is 0 Å². The lowest BCUT2D eigenvalue weighted by molar-refractivity contribution is -0.280. The molecule has 0 rings (SSSR count). The van der Waals surface area contributed by atoms with Gasteiger partial charge in [-0.05, 0) is 13.8 Å². The van der Waals surface area contributed by atoms with Crippen LogP contribution in [0, 0.1) is 0 Å². The van der Waals surface area contributed by atoms with Crippen molar-refractivity contribution >= 4 is 21.6 Å². The minimum atomic E-state index is -5.91. The van der Waals surface area contributed by atoms with Crippen molar-refractivity contribution in [3.05, 3.63) is 0 Å². The van der Waals surface area contributed by atoms with Crippen LogP contribution in [-0.4, -0.2) is 34.7 Å². The molecule has 12 heteroatoms. The molecule has 0 spiro atoms. The second kappa shape index (κ2) is 6.01. The van der Waals surface area contributed by atoms with E-state index in [9.17, 15) is 43.9 Å². The van der Waals surface area contributed by atoms with Crippen molar-refractivity contribution in [3.8, 4) is 0 Å². The molecule has 0 aromatic heterocycles. The second-order valence-electron chi connectivity index (χ2n) is 3.72. The Hall–Kier alpha value is -0.000000000000000222. The van der Waals surface area contributed by atoms with Crippen LogP contribution in [0.4, 0.5) is 43.9 Å². The summed E-state index contributed by atoms with van der Waals surface area (Å²) in [6.07, 6.45) is -11.8. The summed E-state index contributed by atoms with van der Waals surface area (Å²) in [7, 11) is -0.744. The predicted molar refractivity (Wildman–Crippen MR) is 56.1 cm³/mol. The first-order valence-electron chi connectivity index (χ1n) is 4.76. The number of hydrogen-bond donors (Lipinski definition) is 0. The van der Waals surface area contributed by atoms with Gasteiger partial charge >= 0.3 is 24.2 Å². The van der Waals surface area contributed by atoms with E-state index in [4.69, 9.17) is 0 Å². The standard InChI is InChI=1S/C8H8F10S2/c1-3(5(9,10)7(13,14)15)19-20-4(2)6(11,12)8(16,17)18/h3-4H,1-2H3. The molecule has 2 atom stereocenters. The molecular formula is C8H8F10S2. The fourth-order valence-electron chi connectivity index (χ4n) is 0.748. The summed E-state index contributed by atoms with van der Waals surface area (Å²) in [5.74, 6) is -10.4. The smallest absolute Gasteiger partial charge is 0.195 e. The molecule has 0 N–H and O–H groups in total. The molecule has 0 saturated heterocycles. The molecule has 2 unspecified atom stereocenters. The number of halogens is 10. The Morgan fingerprint density at radius 3 is 0.900 bits per heavy atom. The van der Waals surface area contributed by atoms with Crippen molar-refractivity contribution in [2.24, 2.45) is 0 Å². The summed E-state index contributed by atoms with van der Waals surface area (Å²) in [5, 5.41) is -5.03. The van der Waals surface area contributed by atoms with Crippen LogP contribution in [-0.2, 0) is 0 Å². The van der Waals surface area contributed by atoms with E-state index >= 15 is 0 Å². The van der Waals surface area contributed by atoms with Crippen molar-refractivity contribution in [1.29, 1.82) is 0 Å². The lowest BCUT2D eigenvalue weighted by atomic mass is 10.2. The van der Waals surface area contributed by atoms with Crippen molar-refractivity contribution < 1.29 is 43.9 Å². The molecule has 0 aromatic carbocycles. The Labute approximate surface area is 115 Å². The van der Waals surface area contributed by atoms with Crippen molar-refractivity contribution in [2.75, 3.05) is 0 Å². The molecule has 0 bridgehead atoms. The second-order valence-corrected chi connectivity index (χ2v) is 6.67. The van der Waals surface area contributed by atoms with Crippen LogP contribution in [0.15, 0.2) is 0 Å². The molecule has 0 amide bonds. The Bertz CT molecular complexity index is 288.